The molecule has 0 aliphatic carbocycles. The lowest BCUT2D eigenvalue weighted by molar-refractivity contribution is -0.137. The van der Waals surface area contributed by atoms with E-state index in [9.17, 15) is 9.59 Å². The number of benzene rings is 1. The largest absolute Gasteiger partial charge is 0.481 e. The van der Waals surface area contributed by atoms with E-state index in [1.807, 2.05) is 44.4 Å². The smallest absolute Gasteiger partial charge is 0.305 e. The molecule has 1 amide bonds. The van der Waals surface area contributed by atoms with Crippen molar-refractivity contribution in [3.8, 4) is 0 Å². The topological polar surface area (TPSA) is 66.4 Å². The highest BCUT2D eigenvalue weighted by atomic mass is 32.2. The quantitative estimate of drug-likeness (QED) is 0.811. The monoisotopic (exact) mass is 295 g/mol. The van der Waals surface area contributed by atoms with Crippen LogP contribution in [0.25, 0.3) is 0 Å². The average molecular weight is 295 g/mol. The third kappa shape index (κ3) is 5.25. The highest BCUT2D eigenvalue weighted by molar-refractivity contribution is 7.99. The van der Waals surface area contributed by atoms with Gasteiger partial charge in [-0.15, -0.1) is 0 Å². The first-order chi connectivity index (χ1) is 9.43. The minimum Gasteiger partial charge on any atom is -0.481 e. The Balaban J connectivity index is 2.83. The molecule has 0 fully saturated rings. The summed E-state index contributed by atoms with van der Waals surface area (Å²) < 4.78 is 0. The fourth-order valence-corrected chi connectivity index (χ4v) is 2.31. The van der Waals surface area contributed by atoms with Gasteiger partial charge in [0, 0.05) is 11.7 Å². The predicted molar refractivity (Wildman–Crippen MR) is 81.9 cm³/mol. The van der Waals surface area contributed by atoms with Crippen LogP contribution >= 0.6 is 11.8 Å². The summed E-state index contributed by atoms with van der Waals surface area (Å²) in [6.07, 6.45) is 2.24. The molecular formula is C15H21NO3S. The molecule has 2 unspecified atom stereocenters. The highest BCUT2D eigenvalue weighted by Gasteiger charge is 2.20. The predicted octanol–water partition coefficient (Wildman–Crippen LogP) is 2.77. The number of rotatable bonds is 7. The van der Waals surface area contributed by atoms with Crippen molar-refractivity contribution in [2.24, 2.45) is 0 Å². The lowest BCUT2D eigenvalue weighted by Crippen LogP contribution is -2.32. The van der Waals surface area contributed by atoms with Gasteiger partial charge < -0.3 is 10.4 Å². The Morgan fingerprint density at radius 3 is 2.50 bits per heavy atom. The van der Waals surface area contributed by atoms with Crippen LogP contribution in [0.15, 0.2) is 24.3 Å². The molecular weight excluding hydrogens is 274 g/mol. The first-order valence-corrected chi connectivity index (χ1v) is 7.82. The van der Waals surface area contributed by atoms with E-state index in [2.05, 4.69) is 5.32 Å². The minimum absolute atomic E-state index is 0.107. The van der Waals surface area contributed by atoms with Gasteiger partial charge in [0.05, 0.1) is 12.5 Å². The summed E-state index contributed by atoms with van der Waals surface area (Å²) in [5.74, 6) is -1.03. The van der Waals surface area contributed by atoms with Crippen LogP contribution in [-0.2, 0) is 9.59 Å². The van der Waals surface area contributed by atoms with Crippen molar-refractivity contribution in [2.75, 3.05) is 6.26 Å². The number of carboxylic acid groups (broad SMARTS) is 1. The van der Waals surface area contributed by atoms with Gasteiger partial charge in [-0.05, 0) is 24.3 Å². The van der Waals surface area contributed by atoms with Crippen LogP contribution in [0.5, 0.6) is 0 Å². The van der Waals surface area contributed by atoms with Gasteiger partial charge in [0.2, 0.25) is 5.91 Å². The van der Waals surface area contributed by atoms with Crippen LogP contribution in [0.1, 0.15) is 36.9 Å². The standard InChI is InChI=1S/C15H21NO3S/c1-10-6-4-5-7-12(10)13(9-15(18)19)16-14(17)8-11(2)20-3/h4-7,11,13H,8-9H2,1-3H3,(H,16,17)(H,18,19). The first kappa shape index (κ1) is 16.6. The Labute approximate surface area is 124 Å². The summed E-state index contributed by atoms with van der Waals surface area (Å²) in [6, 6.07) is 7.06. The highest BCUT2D eigenvalue weighted by Crippen LogP contribution is 2.21. The van der Waals surface area contributed by atoms with E-state index in [0.717, 1.165) is 11.1 Å². The van der Waals surface area contributed by atoms with Gasteiger partial charge in [-0.1, -0.05) is 31.2 Å². The molecule has 1 rings (SSSR count). The minimum atomic E-state index is -0.920. The molecule has 2 atom stereocenters. The van der Waals surface area contributed by atoms with E-state index in [4.69, 9.17) is 5.11 Å². The number of nitrogens with one attached hydrogen (secondary N) is 1. The van der Waals surface area contributed by atoms with E-state index in [0.29, 0.717) is 6.42 Å². The molecule has 0 aliphatic heterocycles. The molecule has 2 N–H and O–H groups in total. The second-order valence-corrected chi connectivity index (χ2v) is 6.10. The number of carboxylic acids is 1. The number of aliphatic carboxylic acids is 1. The van der Waals surface area contributed by atoms with Crippen molar-refractivity contribution < 1.29 is 14.7 Å². The number of thioether (sulfide) groups is 1. The lowest BCUT2D eigenvalue weighted by Gasteiger charge is -2.20. The Bertz CT molecular complexity index is 476. The molecule has 0 bridgehead atoms. The van der Waals surface area contributed by atoms with E-state index in [1.54, 1.807) is 11.8 Å². The summed E-state index contributed by atoms with van der Waals surface area (Å²) in [5.41, 5.74) is 1.84. The summed E-state index contributed by atoms with van der Waals surface area (Å²) >= 11 is 1.62. The first-order valence-electron chi connectivity index (χ1n) is 6.53. The van der Waals surface area contributed by atoms with Crippen LogP contribution in [0.4, 0.5) is 0 Å². The molecule has 4 nitrogen and oxygen atoms in total. The van der Waals surface area contributed by atoms with Crippen molar-refractivity contribution in [3.05, 3.63) is 35.4 Å². The summed E-state index contributed by atoms with van der Waals surface area (Å²) in [7, 11) is 0. The third-order valence-electron chi connectivity index (χ3n) is 3.15. The average Bonchev–Trinajstić information content (AvgIpc) is 2.37. The molecule has 0 spiro atoms. The molecule has 1 aromatic carbocycles. The molecule has 0 heterocycles. The summed E-state index contributed by atoms with van der Waals surface area (Å²) in [5, 5.41) is 12.1. The zero-order valence-corrected chi connectivity index (χ0v) is 12.9. The maximum Gasteiger partial charge on any atom is 0.305 e. The molecule has 1 aromatic rings. The second kappa shape index (κ2) is 7.94. The molecule has 20 heavy (non-hydrogen) atoms. The van der Waals surface area contributed by atoms with Crippen LogP contribution in [-0.4, -0.2) is 28.5 Å². The SMILES string of the molecule is CSC(C)CC(=O)NC(CC(=O)O)c1ccccc1C. The molecule has 0 aromatic heterocycles. The van der Waals surface area contributed by atoms with E-state index in [1.165, 1.54) is 0 Å². The molecule has 5 heteroatoms. The van der Waals surface area contributed by atoms with Crippen molar-refractivity contribution in [2.45, 2.75) is 38.0 Å². The number of aryl methyl sites for hydroxylation is 1. The van der Waals surface area contributed by atoms with Gasteiger partial charge in [-0.2, -0.15) is 11.8 Å². The summed E-state index contributed by atoms with van der Waals surface area (Å²) in [6.45, 7) is 3.89. The third-order valence-corrected chi connectivity index (χ3v) is 4.12. The van der Waals surface area contributed by atoms with Gasteiger partial charge in [0.25, 0.3) is 0 Å². The Morgan fingerprint density at radius 2 is 1.95 bits per heavy atom. The maximum atomic E-state index is 12.0. The summed E-state index contributed by atoms with van der Waals surface area (Å²) in [4.78, 5) is 23.0. The lowest BCUT2D eigenvalue weighted by atomic mass is 9.98. The van der Waals surface area contributed by atoms with Gasteiger partial charge in [0.1, 0.15) is 0 Å². The van der Waals surface area contributed by atoms with Gasteiger partial charge in [-0.3, -0.25) is 9.59 Å². The number of carbonyl (C=O) groups is 2. The van der Waals surface area contributed by atoms with Gasteiger partial charge in [-0.25, -0.2) is 0 Å². The van der Waals surface area contributed by atoms with Crippen molar-refractivity contribution in [3.63, 3.8) is 0 Å². The Kier molecular flexibility index (Phi) is 6.58. The van der Waals surface area contributed by atoms with E-state index >= 15 is 0 Å². The fourth-order valence-electron chi connectivity index (χ4n) is 1.99. The molecule has 0 saturated heterocycles. The van der Waals surface area contributed by atoms with E-state index in [-0.39, 0.29) is 17.6 Å². The molecule has 0 saturated carbocycles. The maximum absolute atomic E-state index is 12.0. The van der Waals surface area contributed by atoms with Crippen molar-refractivity contribution in [1.82, 2.24) is 5.32 Å². The second-order valence-electron chi connectivity index (χ2n) is 4.82. The van der Waals surface area contributed by atoms with Crippen LogP contribution in [0, 0.1) is 6.92 Å². The van der Waals surface area contributed by atoms with E-state index < -0.39 is 12.0 Å². The zero-order chi connectivity index (χ0) is 15.1. The number of carbonyl (C=O) groups excluding carboxylic acids is 1. The van der Waals surface area contributed by atoms with Crippen LogP contribution in [0.3, 0.4) is 0 Å². The van der Waals surface area contributed by atoms with Crippen molar-refractivity contribution in [1.29, 1.82) is 0 Å². The Morgan fingerprint density at radius 1 is 1.30 bits per heavy atom. The Hall–Kier alpha value is -1.49. The fraction of sp³-hybridized carbons (Fsp3) is 0.467. The number of hydrogen-bond donors (Lipinski definition) is 2. The van der Waals surface area contributed by atoms with Crippen LogP contribution in [0.2, 0.25) is 0 Å². The zero-order valence-electron chi connectivity index (χ0n) is 12.1. The molecule has 0 aliphatic rings. The normalized spacial score (nSPS) is 13.6. The molecule has 0 radical (unpaired) electrons. The number of hydrogen-bond acceptors (Lipinski definition) is 3. The van der Waals surface area contributed by atoms with Gasteiger partial charge >= 0.3 is 5.97 Å². The molecule has 110 valence electrons. The number of amides is 1. The van der Waals surface area contributed by atoms with Gasteiger partial charge in [0.15, 0.2) is 0 Å². The van der Waals surface area contributed by atoms with Crippen LogP contribution < -0.4 is 5.32 Å². The van der Waals surface area contributed by atoms with Crippen molar-refractivity contribution >= 4 is 23.6 Å².